The van der Waals surface area contributed by atoms with Crippen LogP contribution < -0.4 is 10.9 Å². The van der Waals surface area contributed by atoms with Crippen molar-refractivity contribution in [1.82, 2.24) is 29.7 Å². The highest BCUT2D eigenvalue weighted by Crippen LogP contribution is 2.25. The molecule has 0 saturated carbocycles. The Morgan fingerprint density at radius 2 is 1.98 bits per heavy atom. The Morgan fingerprint density at radius 1 is 1.26 bits per heavy atom. The van der Waals surface area contributed by atoms with Crippen molar-refractivity contribution in [2.45, 2.75) is 50.9 Å². The van der Waals surface area contributed by atoms with Crippen molar-refractivity contribution in [1.29, 1.82) is 0 Å². The first-order valence-corrected chi connectivity index (χ1v) is 13.3. The van der Waals surface area contributed by atoms with E-state index in [0.717, 1.165) is 17.9 Å². The Morgan fingerprint density at radius 3 is 2.63 bits per heavy atom. The number of carbonyl (C=O) groups is 3. The van der Waals surface area contributed by atoms with Crippen molar-refractivity contribution in [3.8, 4) is 0 Å². The number of rotatable bonds is 12. The Labute approximate surface area is 247 Å². The number of nitrogens with one attached hydrogen (secondary N) is 2. The van der Waals surface area contributed by atoms with Gasteiger partial charge in [0.05, 0.1) is 37.1 Å². The summed E-state index contributed by atoms with van der Waals surface area (Å²) in [5, 5.41) is 2.38. The molecule has 43 heavy (non-hydrogen) atoms. The van der Waals surface area contributed by atoms with Crippen molar-refractivity contribution < 1.29 is 36.7 Å². The lowest BCUT2D eigenvalue weighted by Crippen LogP contribution is -2.42. The zero-order chi connectivity index (χ0) is 31.9. The van der Waals surface area contributed by atoms with E-state index in [9.17, 15) is 36.7 Å². The van der Waals surface area contributed by atoms with E-state index in [1.54, 1.807) is 20.2 Å². The van der Waals surface area contributed by atoms with E-state index >= 15 is 0 Å². The molecule has 0 bridgehead atoms. The highest BCUT2D eigenvalue weighted by Gasteiger charge is 2.28. The van der Waals surface area contributed by atoms with Gasteiger partial charge in [0.25, 0.3) is 5.56 Å². The molecule has 0 aliphatic carbocycles. The highest BCUT2D eigenvalue weighted by molar-refractivity contribution is 6.29. The van der Waals surface area contributed by atoms with Crippen molar-refractivity contribution >= 4 is 40.4 Å². The number of likely N-dealkylation sites (N-methyl/N-ethyl adjacent to an activating group) is 1. The summed E-state index contributed by atoms with van der Waals surface area (Å²) in [7, 11) is 4.29. The molecule has 0 saturated heterocycles. The number of halogens is 5. The van der Waals surface area contributed by atoms with Gasteiger partial charge in [0.2, 0.25) is 5.91 Å². The average molecular weight is 629 g/mol. The predicted octanol–water partition coefficient (Wildman–Crippen LogP) is 3.72. The van der Waals surface area contributed by atoms with Gasteiger partial charge in [-0.15, -0.1) is 0 Å². The van der Waals surface area contributed by atoms with Gasteiger partial charge >= 0.3 is 12.3 Å². The molecule has 3 aromatic heterocycles. The lowest BCUT2D eigenvalue weighted by Gasteiger charge is -2.17. The van der Waals surface area contributed by atoms with Gasteiger partial charge in [-0.05, 0) is 25.0 Å². The number of aromatic nitrogens is 4. The van der Waals surface area contributed by atoms with E-state index in [0.29, 0.717) is 0 Å². The molecule has 232 valence electrons. The quantitative estimate of drug-likeness (QED) is 0.177. The number of H-pyrrole nitrogens is 1. The summed E-state index contributed by atoms with van der Waals surface area (Å²) in [4.78, 5) is 62.0. The lowest BCUT2D eigenvalue weighted by atomic mass is 10.0. The lowest BCUT2D eigenvalue weighted by molar-refractivity contribution is -0.134. The Hall–Kier alpha value is -4.27. The fourth-order valence-corrected chi connectivity index (χ4v) is 4.24. The molecule has 11 nitrogen and oxygen atoms in total. The number of aromatic amines is 1. The number of ether oxygens (including phenoxy) is 1. The standard InChI is InChI=1S/C27H29ClF4N6O5/c1-37(2)22(40)7-5-4-6-17(34-26(42)43-3)19(39)12-15-8-9-20(28)38(25(15)41)14-21-35-23-16(29)13-33-18(24(23)36-21)10-11-27(30,31)32/h5,7-9,13,17H,4,6,10-12,14H2,1-3H3,(H,34,42)(H,35,36)/b7-5+/t17-/m0/s1. The number of nitrogens with zero attached hydrogens (tertiary/aromatic N) is 4. The molecule has 0 unspecified atom stereocenters. The summed E-state index contributed by atoms with van der Waals surface area (Å²) in [5.41, 5.74) is -0.969. The summed E-state index contributed by atoms with van der Waals surface area (Å²) in [6, 6.07) is 1.67. The smallest absolute Gasteiger partial charge is 0.407 e. The van der Waals surface area contributed by atoms with E-state index in [1.807, 2.05) is 0 Å². The normalized spacial score (nSPS) is 12.5. The van der Waals surface area contributed by atoms with Gasteiger partial charge in [0.15, 0.2) is 11.6 Å². The molecule has 3 rings (SSSR count). The first-order valence-electron chi connectivity index (χ1n) is 12.9. The fraction of sp³-hybridized carbons (Fsp3) is 0.407. The number of alkyl carbamates (subject to hydrolysis) is 1. The van der Waals surface area contributed by atoms with Crippen LogP contribution in [0.1, 0.15) is 36.3 Å². The van der Waals surface area contributed by atoms with Gasteiger partial charge in [-0.2, -0.15) is 13.2 Å². The maximum absolute atomic E-state index is 14.4. The maximum atomic E-state index is 14.4. The molecule has 0 aromatic carbocycles. The SMILES string of the molecule is COC(=O)N[C@@H](CC/C=C/C(=O)N(C)C)C(=O)Cc1ccc(Cl)n(Cc2nc3c(F)cnc(CCC(F)(F)F)c3[nH]2)c1=O. The second kappa shape index (κ2) is 14.3. The van der Waals surface area contributed by atoms with Crippen LogP contribution in [0.2, 0.25) is 5.15 Å². The third kappa shape index (κ3) is 9.11. The van der Waals surface area contributed by atoms with Gasteiger partial charge in [-0.25, -0.2) is 14.2 Å². The number of pyridine rings is 2. The molecule has 0 radical (unpaired) electrons. The summed E-state index contributed by atoms with van der Waals surface area (Å²) in [5.74, 6) is -1.62. The molecule has 0 aliphatic heterocycles. The van der Waals surface area contributed by atoms with Crippen LogP contribution in [0.4, 0.5) is 22.4 Å². The zero-order valence-electron chi connectivity index (χ0n) is 23.4. The number of allylic oxidation sites excluding steroid dienone is 1. The third-order valence-corrected chi connectivity index (χ3v) is 6.64. The van der Waals surface area contributed by atoms with Crippen molar-refractivity contribution in [3.63, 3.8) is 0 Å². The topological polar surface area (TPSA) is 139 Å². The van der Waals surface area contributed by atoms with Crippen LogP contribution in [-0.2, 0) is 33.7 Å². The zero-order valence-corrected chi connectivity index (χ0v) is 24.2. The van der Waals surface area contributed by atoms with E-state index in [-0.39, 0.29) is 58.6 Å². The Kier molecular flexibility index (Phi) is 11.0. The number of Topliss-reactive ketones (excluding diaryl/α,β-unsaturated/α-hetero) is 1. The molecular weight excluding hydrogens is 600 g/mol. The summed E-state index contributed by atoms with van der Waals surface area (Å²) >= 11 is 6.24. The van der Waals surface area contributed by atoms with Crippen LogP contribution in [0.3, 0.4) is 0 Å². The van der Waals surface area contributed by atoms with Gasteiger partial charge in [-0.1, -0.05) is 23.7 Å². The van der Waals surface area contributed by atoms with E-state index < -0.39 is 54.7 Å². The average Bonchev–Trinajstić information content (AvgIpc) is 3.37. The number of amides is 2. The molecule has 2 amide bonds. The van der Waals surface area contributed by atoms with Crippen LogP contribution in [-0.4, -0.2) is 75.6 Å². The van der Waals surface area contributed by atoms with Gasteiger partial charge in [0, 0.05) is 38.9 Å². The second-order valence-electron chi connectivity index (χ2n) is 9.69. The van der Waals surface area contributed by atoms with Gasteiger partial charge in [-0.3, -0.25) is 23.9 Å². The van der Waals surface area contributed by atoms with Crippen LogP contribution >= 0.6 is 11.6 Å². The minimum Gasteiger partial charge on any atom is -0.453 e. The molecule has 16 heteroatoms. The summed E-state index contributed by atoms with van der Waals surface area (Å²) in [6.45, 7) is -0.318. The van der Waals surface area contributed by atoms with Crippen molar-refractivity contribution in [2.75, 3.05) is 21.2 Å². The number of ketones is 1. The fourth-order valence-electron chi connectivity index (χ4n) is 4.04. The number of aryl methyl sites for hydroxylation is 1. The van der Waals surface area contributed by atoms with Gasteiger partial charge in [0.1, 0.15) is 16.5 Å². The van der Waals surface area contributed by atoms with Crippen molar-refractivity contribution in [2.24, 2.45) is 0 Å². The molecular formula is C27H29ClF4N6O5. The number of alkyl halides is 3. The molecule has 3 aromatic rings. The van der Waals surface area contributed by atoms with E-state index in [4.69, 9.17) is 11.6 Å². The number of carbonyl (C=O) groups excluding carboxylic acids is 3. The first-order chi connectivity index (χ1) is 20.2. The maximum Gasteiger partial charge on any atom is 0.407 e. The van der Waals surface area contributed by atoms with E-state index in [2.05, 4.69) is 25.0 Å². The van der Waals surface area contributed by atoms with Crippen LogP contribution in [0.15, 0.2) is 35.3 Å². The minimum absolute atomic E-state index is 0.0203. The summed E-state index contributed by atoms with van der Waals surface area (Å²) in [6.07, 6.45) is -3.36. The predicted molar refractivity (Wildman–Crippen MR) is 148 cm³/mol. The molecule has 1 atom stereocenters. The molecule has 0 aliphatic rings. The van der Waals surface area contributed by atoms with Crippen LogP contribution in [0, 0.1) is 5.82 Å². The number of imidazole rings is 1. The summed E-state index contributed by atoms with van der Waals surface area (Å²) < 4.78 is 58.3. The number of methoxy groups -OCH3 is 1. The first kappa shape index (κ1) is 33.2. The van der Waals surface area contributed by atoms with E-state index in [1.165, 1.54) is 23.1 Å². The number of hydrogen-bond acceptors (Lipinski definition) is 7. The highest BCUT2D eigenvalue weighted by atomic mass is 35.5. The minimum atomic E-state index is -4.45. The monoisotopic (exact) mass is 628 g/mol. The van der Waals surface area contributed by atoms with Crippen LogP contribution in [0.5, 0.6) is 0 Å². The Balaban J connectivity index is 1.83. The third-order valence-electron chi connectivity index (χ3n) is 6.31. The van der Waals surface area contributed by atoms with Crippen molar-refractivity contribution in [3.05, 3.63) is 68.9 Å². The Bertz CT molecular complexity index is 1580. The van der Waals surface area contributed by atoms with Crippen LogP contribution in [0.25, 0.3) is 11.0 Å². The molecule has 2 N–H and O–H groups in total. The second-order valence-corrected chi connectivity index (χ2v) is 10.1. The molecule has 0 spiro atoms. The molecule has 0 fully saturated rings. The van der Waals surface area contributed by atoms with Gasteiger partial charge < -0.3 is 19.9 Å². The largest absolute Gasteiger partial charge is 0.453 e. The number of hydrogen-bond donors (Lipinski definition) is 2. The number of fused-ring (bicyclic) bond motifs is 1. The molecule has 3 heterocycles.